The molecule has 2 aromatic rings. The van der Waals surface area contributed by atoms with Crippen LogP contribution in [-0.2, 0) is 0 Å². The number of fused-ring (bicyclic) bond motifs is 1. The molecule has 0 unspecified atom stereocenters. The van der Waals surface area contributed by atoms with Gasteiger partial charge in [-0.2, -0.15) is 12.6 Å². The number of H-pyrrole nitrogens is 1. The van der Waals surface area contributed by atoms with E-state index >= 15 is 0 Å². The molecule has 1 heterocycles. The van der Waals surface area contributed by atoms with Gasteiger partial charge in [0, 0.05) is 17.8 Å². The highest BCUT2D eigenvalue weighted by molar-refractivity contribution is 7.80. The zero-order valence-electron chi connectivity index (χ0n) is 9.06. The molecule has 0 aliphatic carbocycles. The first kappa shape index (κ1) is 11.7. The van der Waals surface area contributed by atoms with Crippen LogP contribution in [0.25, 0.3) is 10.9 Å². The fraction of sp³-hybridized carbons (Fsp3) is 0.167. The lowest BCUT2D eigenvalue weighted by Crippen LogP contribution is -2.30. The molecule has 0 fully saturated rings. The Kier molecular flexibility index (Phi) is 3.49. The number of aromatic amines is 1. The van der Waals surface area contributed by atoms with Crippen molar-refractivity contribution >= 4 is 29.4 Å². The van der Waals surface area contributed by atoms with Crippen molar-refractivity contribution in [3.05, 3.63) is 46.2 Å². The zero-order valence-corrected chi connectivity index (χ0v) is 9.96. The van der Waals surface area contributed by atoms with Crippen LogP contribution in [0.3, 0.4) is 0 Å². The van der Waals surface area contributed by atoms with E-state index in [4.69, 9.17) is 0 Å². The summed E-state index contributed by atoms with van der Waals surface area (Å²) in [7, 11) is 0. The van der Waals surface area contributed by atoms with Crippen molar-refractivity contribution in [1.82, 2.24) is 10.3 Å². The molecular weight excluding hydrogens is 236 g/mol. The first-order valence-electron chi connectivity index (χ1n) is 5.23. The van der Waals surface area contributed by atoms with Gasteiger partial charge in [-0.15, -0.1) is 0 Å². The van der Waals surface area contributed by atoms with Crippen LogP contribution in [0.2, 0.25) is 0 Å². The number of carbonyl (C=O) groups excluding carboxylic acids is 1. The van der Waals surface area contributed by atoms with Crippen molar-refractivity contribution < 1.29 is 4.79 Å². The summed E-state index contributed by atoms with van der Waals surface area (Å²) in [5.41, 5.74) is 0.481. The van der Waals surface area contributed by atoms with E-state index in [0.717, 1.165) is 10.9 Å². The molecule has 0 aliphatic rings. The van der Waals surface area contributed by atoms with Gasteiger partial charge in [0.15, 0.2) is 0 Å². The van der Waals surface area contributed by atoms with E-state index in [2.05, 4.69) is 22.9 Å². The molecule has 0 saturated heterocycles. The van der Waals surface area contributed by atoms with Crippen molar-refractivity contribution in [1.29, 1.82) is 0 Å². The van der Waals surface area contributed by atoms with Gasteiger partial charge in [0.05, 0.1) is 0 Å². The molecule has 1 aromatic heterocycles. The molecule has 0 spiro atoms. The summed E-state index contributed by atoms with van der Waals surface area (Å²) < 4.78 is 0. The molecule has 2 rings (SSSR count). The fourth-order valence-electron chi connectivity index (χ4n) is 1.58. The maximum atomic E-state index is 11.7. The second-order valence-electron chi connectivity index (χ2n) is 3.58. The normalized spacial score (nSPS) is 10.4. The highest BCUT2D eigenvalue weighted by Crippen LogP contribution is 2.09. The Morgan fingerprint density at radius 2 is 2.12 bits per heavy atom. The third kappa shape index (κ3) is 2.50. The predicted octanol–water partition coefficient (Wildman–Crippen LogP) is 1.19. The molecule has 0 bridgehead atoms. The highest BCUT2D eigenvalue weighted by atomic mass is 32.1. The Hall–Kier alpha value is -1.75. The van der Waals surface area contributed by atoms with Crippen LogP contribution < -0.4 is 10.9 Å². The highest BCUT2D eigenvalue weighted by Gasteiger charge is 2.10. The number of hydrogen-bond donors (Lipinski definition) is 3. The quantitative estimate of drug-likeness (QED) is 0.714. The van der Waals surface area contributed by atoms with Crippen LogP contribution in [0, 0.1) is 0 Å². The summed E-state index contributed by atoms with van der Waals surface area (Å²) in [6.07, 6.45) is 0. The molecule has 17 heavy (non-hydrogen) atoms. The third-order valence-electron chi connectivity index (χ3n) is 2.40. The molecule has 88 valence electrons. The Bertz CT molecular complexity index is 607. The van der Waals surface area contributed by atoms with Gasteiger partial charge in [-0.25, -0.2) is 0 Å². The van der Waals surface area contributed by atoms with Gasteiger partial charge >= 0.3 is 0 Å². The fourth-order valence-corrected chi connectivity index (χ4v) is 1.69. The second kappa shape index (κ2) is 5.05. The van der Waals surface area contributed by atoms with Gasteiger partial charge in [0.2, 0.25) is 0 Å². The number of pyridine rings is 1. The van der Waals surface area contributed by atoms with Gasteiger partial charge in [-0.3, -0.25) is 9.59 Å². The second-order valence-corrected chi connectivity index (χ2v) is 4.03. The molecule has 4 nitrogen and oxygen atoms in total. The maximum Gasteiger partial charge on any atom is 0.261 e. The minimum absolute atomic E-state index is 0.130. The summed E-state index contributed by atoms with van der Waals surface area (Å²) in [4.78, 5) is 26.1. The van der Waals surface area contributed by atoms with E-state index in [9.17, 15) is 9.59 Å². The summed E-state index contributed by atoms with van der Waals surface area (Å²) in [6, 6.07) is 8.93. The Morgan fingerprint density at radius 3 is 2.88 bits per heavy atom. The van der Waals surface area contributed by atoms with Crippen LogP contribution in [0.4, 0.5) is 0 Å². The monoisotopic (exact) mass is 248 g/mol. The molecule has 2 N–H and O–H groups in total. The number of hydrogen-bond acceptors (Lipinski definition) is 3. The zero-order chi connectivity index (χ0) is 12.3. The van der Waals surface area contributed by atoms with E-state index in [-0.39, 0.29) is 17.0 Å². The number of thiol groups is 1. The maximum absolute atomic E-state index is 11.7. The van der Waals surface area contributed by atoms with Gasteiger partial charge in [-0.1, -0.05) is 18.2 Å². The SMILES string of the molecule is O=C(NCCS)c1cc2ccccc2[nH]c1=O. The molecule has 0 aliphatic heterocycles. The van der Waals surface area contributed by atoms with Crippen LogP contribution >= 0.6 is 12.6 Å². The van der Waals surface area contributed by atoms with Crippen LogP contribution in [0.5, 0.6) is 0 Å². The first-order chi connectivity index (χ1) is 8.22. The third-order valence-corrected chi connectivity index (χ3v) is 2.62. The summed E-state index contributed by atoms with van der Waals surface area (Å²) >= 11 is 3.99. The average Bonchev–Trinajstić information content (AvgIpc) is 2.35. The number of nitrogens with one attached hydrogen (secondary N) is 2. The van der Waals surface area contributed by atoms with Gasteiger partial charge in [0.25, 0.3) is 11.5 Å². The minimum Gasteiger partial charge on any atom is -0.351 e. The summed E-state index contributed by atoms with van der Waals surface area (Å²) in [6.45, 7) is 0.439. The van der Waals surface area contributed by atoms with Crippen molar-refractivity contribution in [3.8, 4) is 0 Å². The standard InChI is InChI=1S/C12H12N2O2S/c15-11(13-5-6-17)9-7-8-3-1-2-4-10(8)14-12(9)16/h1-4,7,17H,5-6H2,(H,13,15)(H,14,16). The summed E-state index contributed by atoms with van der Waals surface area (Å²) in [5, 5.41) is 3.46. The van der Waals surface area contributed by atoms with Gasteiger partial charge < -0.3 is 10.3 Å². The number of aromatic nitrogens is 1. The van der Waals surface area contributed by atoms with Gasteiger partial charge in [0.1, 0.15) is 5.56 Å². The first-order valence-corrected chi connectivity index (χ1v) is 5.87. The Labute approximate surface area is 103 Å². The number of para-hydroxylation sites is 1. The molecule has 1 amide bonds. The Balaban J connectivity index is 2.44. The molecule has 5 heteroatoms. The number of benzene rings is 1. The molecule has 1 aromatic carbocycles. The van der Waals surface area contributed by atoms with Crippen LogP contribution in [0.1, 0.15) is 10.4 Å². The lowest BCUT2D eigenvalue weighted by molar-refractivity contribution is 0.0955. The lowest BCUT2D eigenvalue weighted by atomic mass is 10.1. The van der Waals surface area contributed by atoms with E-state index in [1.807, 2.05) is 18.2 Å². The Morgan fingerprint density at radius 1 is 1.35 bits per heavy atom. The smallest absolute Gasteiger partial charge is 0.261 e. The van der Waals surface area contributed by atoms with Crippen molar-refractivity contribution in [2.45, 2.75) is 0 Å². The van der Waals surface area contributed by atoms with E-state index in [1.165, 1.54) is 0 Å². The topological polar surface area (TPSA) is 62.0 Å². The predicted molar refractivity (Wildman–Crippen MR) is 70.8 cm³/mol. The van der Waals surface area contributed by atoms with Crippen molar-refractivity contribution in [2.75, 3.05) is 12.3 Å². The van der Waals surface area contributed by atoms with E-state index in [1.54, 1.807) is 12.1 Å². The molecular formula is C12H12N2O2S. The summed E-state index contributed by atoms with van der Waals surface area (Å²) in [5.74, 6) is 0.170. The van der Waals surface area contributed by atoms with E-state index in [0.29, 0.717) is 12.3 Å². The number of amides is 1. The average molecular weight is 248 g/mol. The number of rotatable bonds is 3. The van der Waals surface area contributed by atoms with Crippen molar-refractivity contribution in [3.63, 3.8) is 0 Å². The van der Waals surface area contributed by atoms with Crippen LogP contribution in [-0.4, -0.2) is 23.2 Å². The molecule has 0 saturated carbocycles. The van der Waals surface area contributed by atoms with E-state index < -0.39 is 0 Å². The van der Waals surface area contributed by atoms with Gasteiger partial charge in [-0.05, 0) is 17.5 Å². The minimum atomic E-state index is -0.375. The molecule has 0 radical (unpaired) electrons. The molecule has 0 atom stereocenters. The van der Waals surface area contributed by atoms with Crippen LogP contribution in [0.15, 0.2) is 35.1 Å². The lowest BCUT2D eigenvalue weighted by Gasteiger charge is -2.04. The van der Waals surface area contributed by atoms with Crippen molar-refractivity contribution in [2.24, 2.45) is 0 Å². The largest absolute Gasteiger partial charge is 0.351 e. The number of carbonyl (C=O) groups is 1.